The van der Waals surface area contributed by atoms with Crippen LogP contribution in [-0.4, -0.2) is 25.3 Å². The maximum Gasteiger partial charge on any atom is 0.179 e. The molecule has 77 heavy (non-hydrogen) atoms. The molecule has 0 radical (unpaired) electrons. The van der Waals surface area contributed by atoms with Crippen LogP contribution in [0, 0.1) is 0 Å². The van der Waals surface area contributed by atoms with Crippen LogP contribution >= 0.6 is 11.3 Å². The lowest BCUT2D eigenvalue weighted by atomic mass is 10.1. The molecule has 0 atom stereocenters. The van der Waals surface area contributed by atoms with Crippen molar-refractivity contribution in [2.75, 3.05) is 0 Å². The topological polar surface area (TPSA) is 9.86 Å². The molecule has 0 aliphatic heterocycles. The number of aromatic nitrogens is 2. The van der Waals surface area contributed by atoms with E-state index in [9.17, 15) is 0 Å². The van der Waals surface area contributed by atoms with Gasteiger partial charge in [-0.2, -0.15) is 0 Å². The molecule has 5 heteroatoms. The molecule has 0 saturated carbocycles. The van der Waals surface area contributed by atoms with Gasteiger partial charge in [-0.05, 0) is 96.1 Å². The molecule has 0 bridgehead atoms. The van der Waals surface area contributed by atoms with E-state index in [1.54, 1.807) is 0 Å². The highest BCUT2D eigenvalue weighted by atomic mass is 32.1. The molecular formula is C72H50N2SSi2. The number of para-hydroxylation sites is 1. The largest absolute Gasteiger partial charge is 0.309 e. The normalized spacial score (nSPS) is 12.2. The molecule has 362 valence electrons. The molecule has 0 aliphatic carbocycles. The fraction of sp³-hybridized carbons (Fsp3) is 0. The molecule has 12 aromatic carbocycles. The molecular weight excluding hydrogens is 981 g/mol. The van der Waals surface area contributed by atoms with E-state index in [0.29, 0.717) is 0 Å². The minimum absolute atomic E-state index is 1.14. The fourth-order valence-corrected chi connectivity index (χ4v) is 23.8. The first-order chi connectivity index (χ1) is 38.2. The van der Waals surface area contributed by atoms with Crippen LogP contribution in [-0.2, 0) is 0 Å². The van der Waals surface area contributed by atoms with Crippen molar-refractivity contribution < 1.29 is 0 Å². The van der Waals surface area contributed by atoms with Gasteiger partial charge in [0.2, 0.25) is 0 Å². The van der Waals surface area contributed by atoms with E-state index >= 15 is 0 Å². The van der Waals surface area contributed by atoms with Crippen molar-refractivity contribution in [3.05, 3.63) is 303 Å². The van der Waals surface area contributed by atoms with Crippen LogP contribution in [0.2, 0.25) is 0 Å². The summed E-state index contributed by atoms with van der Waals surface area (Å²) in [6, 6.07) is 115. The molecule has 0 N–H and O–H groups in total. The Morgan fingerprint density at radius 1 is 0.234 bits per heavy atom. The van der Waals surface area contributed by atoms with Crippen LogP contribution in [0.5, 0.6) is 0 Å². The second-order valence-corrected chi connectivity index (χ2v) is 29.0. The zero-order valence-electron chi connectivity index (χ0n) is 42.2. The SMILES string of the molecule is c1ccc([Si](c2ccccc2)(c2ccccc2)c2cccc(-n3c4cc([Si](c5ccccc5)(c5ccccc5)c5ccccc5)ccc4c4c3ccc3c5ccccc5n(-c5ccc6sc7ccccc7c6c5)c34)c2)cc1. The van der Waals surface area contributed by atoms with Crippen molar-refractivity contribution in [1.29, 1.82) is 0 Å². The summed E-state index contributed by atoms with van der Waals surface area (Å²) < 4.78 is 7.77. The van der Waals surface area contributed by atoms with Crippen molar-refractivity contribution in [3.8, 4) is 11.4 Å². The highest BCUT2D eigenvalue weighted by Crippen LogP contribution is 2.43. The third-order valence-corrected chi connectivity index (χ3v) is 27.1. The predicted molar refractivity (Wildman–Crippen MR) is 335 cm³/mol. The number of rotatable bonds is 10. The Labute approximate surface area is 453 Å². The van der Waals surface area contributed by atoms with Crippen LogP contribution in [0.25, 0.3) is 75.2 Å². The number of fused-ring (bicyclic) bond motifs is 10. The van der Waals surface area contributed by atoms with Crippen LogP contribution in [0.15, 0.2) is 303 Å². The van der Waals surface area contributed by atoms with E-state index in [4.69, 9.17) is 0 Å². The lowest BCUT2D eigenvalue weighted by molar-refractivity contribution is 1.18. The van der Waals surface area contributed by atoms with Gasteiger partial charge in [-0.25, -0.2) is 0 Å². The maximum atomic E-state index is 2.61. The van der Waals surface area contributed by atoms with E-state index < -0.39 is 16.1 Å². The van der Waals surface area contributed by atoms with Crippen molar-refractivity contribution in [2.24, 2.45) is 0 Å². The predicted octanol–water partition coefficient (Wildman–Crippen LogP) is 13.0. The van der Waals surface area contributed by atoms with Gasteiger partial charge in [0.25, 0.3) is 0 Å². The van der Waals surface area contributed by atoms with Crippen LogP contribution in [0.4, 0.5) is 0 Å². The second kappa shape index (κ2) is 18.3. The van der Waals surface area contributed by atoms with Crippen LogP contribution in [0.1, 0.15) is 0 Å². The van der Waals surface area contributed by atoms with Crippen molar-refractivity contribution in [2.45, 2.75) is 0 Å². The monoisotopic (exact) mass is 1030 g/mol. The van der Waals surface area contributed by atoms with Gasteiger partial charge in [-0.3, -0.25) is 0 Å². The van der Waals surface area contributed by atoms with Gasteiger partial charge in [-0.15, -0.1) is 11.3 Å². The Kier molecular flexibility index (Phi) is 10.8. The zero-order chi connectivity index (χ0) is 50.9. The van der Waals surface area contributed by atoms with Crippen LogP contribution in [0.3, 0.4) is 0 Å². The molecule has 15 rings (SSSR count). The molecule has 3 heterocycles. The summed E-state index contributed by atoms with van der Waals surface area (Å²) in [4.78, 5) is 0. The molecule has 0 fully saturated rings. The van der Waals surface area contributed by atoms with Gasteiger partial charge in [0.1, 0.15) is 0 Å². The second-order valence-electron chi connectivity index (χ2n) is 20.3. The number of nitrogens with zero attached hydrogens (tertiary/aromatic N) is 2. The van der Waals surface area contributed by atoms with Crippen molar-refractivity contribution in [3.63, 3.8) is 0 Å². The van der Waals surface area contributed by atoms with Crippen molar-refractivity contribution in [1.82, 2.24) is 9.13 Å². The summed E-state index contributed by atoms with van der Waals surface area (Å²) >= 11 is 1.87. The number of hydrogen-bond acceptors (Lipinski definition) is 1. The standard InChI is InChI=1S/C72H50N2SSi2/c1-7-25-53(26-8-1)76(54-27-9-2-10-28-54,55-29-11-3-12-30-55)59-37-23-24-51(48-59)73-67-46-45-63-61-38-19-21-40-66(61)74(52-42-47-70-65(49-52)62-39-20-22-41-69(62)75-70)72(63)71(67)64-44-43-60(50-68(64)73)77(56-31-13-4-14-32-56,57-33-15-5-16-34-57)58-35-17-6-18-36-58/h1-50H. The summed E-state index contributed by atoms with van der Waals surface area (Å²) in [5.74, 6) is 0. The van der Waals surface area contributed by atoms with Crippen molar-refractivity contribution >= 4 is 133 Å². The first-order valence-electron chi connectivity index (χ1n) is 26.6. The Balaban J connectivity index is 1.09. The number of hydrogen-bond donors (Lipinski definition) is 0. The van der Waals surface area contributed by atoms with Gasteiger partial charge >= 0.3 is 0 Å². The lowest BCUT2D eigenvalue weighted by Crippen LogP contribution is -2.74. The summed E-state index contributed by atoms with van der Waals surface area (Å²) in [5, 5.41) is 18.3. The highest BCUT2D eigenvalue weighted by molar-refractivity contribution is 7.26. The molecule has 3 aromatic heterocycles. The van der Waals surface area contributed by atoms with E-state index in [-0.39, 0.29) is 0 Å². The highest BCUT2D eigenvalue weighted by Gasteiger charge is 2.43. The maximum absolute atomic E-state index is 2.96. The van der Waals surface area contributed by atoms with E-state index in [1.165, 1.54) is 105 Å². The first-order valence-corrected chi connectivity index (χ1v) is 31.4. The summed E-state index contributed by atoms with van der Waals surface area (Å²) in [6.45, 7) is 0. The fourth-order valence-electron chi connectivity index (χ4n) is 13.2. The molecule has 0 unspecified atom stereocenters. The average molecular weight is 1030 g/mol. The smallest absolute Gasteiger partial charge is 0.179 e. The van der Waals surface area contributed by atoms with Gasteiger partial charge < -0.3 is 9.13 Å². The lowest BCUT2D eigenvalue weighted by Gasteiger charge is -2.35. The Bertz CT molecular complexity index is 4470. The number of thiophene rings is 1. The van der Waals surface area contributed by atoms with Gasteiger partial charge in [0.15, 0.2) is 16.1 Å². The molecule has 0 spiro atoms. The zero-order valence-corrected chi connectivity index (χ0v) is 45.0. The molecule has 2 nitrogen and oxygen atoms in total. The Morgan fingerprint density at radius 2 is 0.675 bits per heavy atom. The third-order valence-electron chi connectivity index (χ3n) is 16.4. The third kappa shape index (κ3) is 6.91. The van der Waals surface area contributed by atoms with E-state index in [1.807, 2.05) is 11.3 Å². The van der Waals surface area contributed by atoms with E-state index in [2.05, 4.69) is 312 Å². The van der Waals surface area contributed by atoms with Gasteiger partial charge in [0, 0.05) is 53.1 Å². The number of benzene rings is 12. The molecule has 0 amide bonds. The Hall–Kier alpha value is -9.11. The minimum atomic E-state index is -2.96. The van der Waals surface area contributed by atoms with Gasteiger partial charge in [-0.1, -0.05) is 249 Å². The quantitative estimate of drug-likeness (QED) is 0.0954. The van der Waals surface area contributed by atoms with Gasteiger partial charge in [0.05, 0.1) is 22.1 Å². The summed E-state index contributed by atoms with van der Waals surface area (Å²) in [5.41, 5.74) is 7.07. The first kappa shape index (κ1) is 45.3. The summed E-state index contributed by atoms with van der Waals surface area (Å²) in [7, 11) is -5.88. The molecule has 0 saturated heterocycles. The summed E-state index contributed by atoms with van der Waals surface area (Å²) in [6.07, 6.45) is 0. The average Bonchev–Trinajstić information content (AvgIpc) is 4.39. The minimum Gasteiger partial charge on any atom is -0.309 e. The molecule has 0 aliphatic rings. The molecule has 15 aromatic rings. The Morgan fingerprint density at radius 3 is 1.23 bits per heavy atom. The van der Waals surface area contributed by atoms with Crippen LogP contribution < -0.4 is 41.5 Å². The van der Waals surface area contributed by atoms with E-state index in [0.717, 1.165) is 11.4 Å².